The van der Waals surface area contributed by atoms with E-state index in [0.717, 1.165) is 5.06 Å². The van der Waals surface area contributed by atoms with Gasteiger partial charge in [-0.05, 0) is 6.07 Å². The van der Waals surface area contributed by atoms with Crippen LogP contribution in [0.25, 0.3) is 0 Å². The summed E-state index contributed by atoms with van der Waals surface area (Å²) >= 11 is 0. The summed E-state index contributed by atoms with van der Waals surface area (Å²) in [7, 11) is 0. The molecule has 1 fully saturated rings. The fraction of sp³-hybridized carbons (Fsp3) is 0.300. The van der Waals surface area contributed by atoms with Gasteiger partial charge in [0.25, 0.3) is 11.6 Å². The molecule has 0 aliphatic carbocycles. The highest BCUT2D eigenvalue weighted by atomic mass is 16.7. The number of non-ortho nitro benzene ring substituents is 1. The van der Waals surface area contributed by atoms with Crippen molar-refractivity contribution in [3.63, 3.8) is 0 Å². The molecule has 7 heteroatoms. The summed E-state index contributed by atoms with van der Waals surface area (Å²) in [5, 5.41) is 20.8. The number of β-amino-alcohol motifs (C(OH)–C–C–N with tert-alkyl or cyclic N) is 1. The zero-order valence-electron chi connectivity index (χ0n) is 8.78. The number of nitrogens with zero attached hydrogens (tertiary/aromatic N) is 2. The summed E-state index contributed by atoms with van der Waals surface area (Å²) in [6.07, 6.45) is -0.711. The lowest BCUT2D eigenvalue weighted by Crippen LogP contribution is -2.28. The van der Waals surface area contributed by atoms with Crippen LogP contribution in [-0.4, -0.2) is 40.3 Å². The number of carbonyl (C=O) groups excluding carboxylic acids is 1. The number of aliphatic hydroxyl groups is 1. The van der Waals surface area contributed by atoms with E-state index >= 15 is 0 Å². The smallest absolute Gasteiger partial charge is 0.277 e. The molecule has 0 spiro atoms. The third-order valence-electron chi connectivity index (χ3n) is 2.33. The first-order chi connectivity index (χ1) is 8.08. The number of carbonyl (C=O) groups is 1. The second kappa shape index (κ2) is 4.48. The van der Waals surface area contributed by atoms with E-state index in [-0.39, 0.29) is 24.4 Å². The first kappa shape index (κ1) is 11.5. The van der Waals surface area contributed by atoms with Crippen LogP contribution in [0.4, 0.5) is 5.69 Å². The highest BCUT2D eigenvalue weighted by Gasteiger charge is 2.27. The highest BCUT2D eigenvalue weighted by Crippen LogP contribution is 2.16. The third-order valence-corrected chi connectivity index (χ3v) is 2.33. The van der Waals surface area contributed by atoms with E-state index in [1.165, 1.54) is 24.3 Å². The minimum Gasteiger partial charge on any atom is -0.389 e. The zero-order valence-corrected chi connectivity index (χ0v) is 8.78. The number of hydroxylamine groups is 2. The number of nitro benzene ring substituents is 1. The first-order valence-electron chi connectivity index (χ1n) is 4.95. The van der Waals surface area contributed by atoms with E-state index in [2.05, 4.69) is 0 Å². The lowest BCUT2D eigenvalue weighted by Gasteiger charge is -2.13. The van der Waals surface area contributed by atoms with Gasteiger partial charge in [0.2, 0.25) is 0 Å². The first-order valence-corrected chi connectivity index (χ1v) is 4.95. The Hall–Kier alpha value is -1.99. The number of aliphatic hydroxyl groups excluding tert-OH is 1. The van der Waals surface area contributed by atoms with Crippen molar-refractivity contribution in [3.05, 3.63) is 39.9 Å². The zero-order chi connectivity index (χ0) is 12.4. The third kappa shape index (κ3) is 2.40. The Balaban J connectivity index is 2.19. The SMILES string of the molecule is O=C(c1cccc([N+](=O)[O-])c1)N1CC(O)CO1. The average molecular weight is 238 g/mol. The number of nitro groups is 1. The van der Waals surface area contributed by atoms with Crippen LogP contribution in [0.5, 0.6) is 0 Å². The Bertz CT molecular complexity index is 462. The second-order valence-corrected chi connectivity index (χ2v) is 3.62. The summed E-state index contributed by atoms with van der Waals surface area (Å²) in [5.41, 5.74) is 0.00361. The Morgan fingerprint density at radius 2 is 2.35 bits per heavy atom. The van der Waals surface area contributed by atoms with Crippen molar-refractivity contribution in [2.45, 2.75) is 6.10 Å². The Morgan fingerprint density at radius 3 is 2.94 bits per heavy atom. The van der Waals surface area contributed by atoms with Gasteiger partial charge in [-0.3, -0.25) is 19.7 Å². The summed E-state index contributed by atoms with van der Waals surface area (Å²) in [6, 6.07) is 5.37. The van der Waals surface area contributed by atoms with Crippen molar-refractivity contribution in [1.29, 1.82) is 0 Å². The minimum absolute atomic E-state index is 0.0562. The van der Waals surface area contributed by atoms with E-state index in [1.54, 1.807) is 0 Å². The number of benzene rings is 1. The van der Waals surface area contributed by atoms with Gasteiger partial charge < -0.3 is 5.11 Å². The summed E-state index contributed by atoms with van der Waals surface area (Å²) < 4.78 is 0. The van der Waals surface area contributed by atoms with Gasteiger partial charge in [0.05, 0.1) is 11.5 Å². The average Bonchev–Trinajstić information content (AvgIpc) is 2.75. The maximum atomic E-state index is 11.8. The standard InChI is InChI=1S/C10H10N2O5/c13-9-5-11(17-6-9)10(14)7-2-1-3-8(4-7)12(15)16/h1-4,9,13H,5-6H2. The van der Waals surface area contributed by atoms with Crippen molar-refractivity contribution >= 4 is 11.6 Å². The molecular weight excluding hydrogens is 228 g/mol. The normalized spacial score (nSPS) is 19.4. The molecule has 0 radical (unpaired) electrons. The quantitative estimate of drug-likeness (QED) is 0.592. The molecule has 2 rings (SSSR count). The Kier molecular flexibility index (Phi) is 3.03. The van der Waals surface area contributed by atoms with E-state index in [9.17, 15) is 20.0 Å². The lowest BCUT2D eigenvalue weighted by molar-refractivity contribution is -0.384. The molecule has 90 valence electrons. The molecule has 1 amide bonds. The number of hydrogen-bond acceptors (Lipinski definition) is 5. The fourth-order valence-electron chi connectivity index (χ4n) is 1.51. The molecule has 1 aromatic rings. The van der Waals surface area contributed by atoms with Crippen molar-refractivity contribution < 1.29 is 19.7 Å². The maximum Gasteiger partial charge on any atom is 0.277 e. The van der Waals surface area contributed by atoms with Crippen molar-refractivity contribution in [3.8, 4) is 0 Å². The van der Waals surface area contributed by atoms with Crippen molar-refractivity contribution in [2.75, 3.05) is 13.2 Å². The molecule has 7 nitrogen and oxygen atoms in total. The summed E-state index contributed by atoms with van der Waals surface area (Å²) in [5.74, 6) is -0.495. The largest absolute Gasteiger partial charge is 0.389 e. The van der Waals surface area contributed by atoms with Gasteiger partial charge in [-0.25, -0.2) is 5.06 Å². The van der Waals surface area contributed by atoms with Crippen LogP contribution in [-0.2, 0) is 4.84 Å². The van der Waals surface area contributed by atoms with Crippen LogP contribution in [0, 0.1) is 10.1 Å². The molecule has 0 aromatic heterocycles. The van der Waals surface area contributed by atoms with Gasteiger partial charge >= 0.3 is 0 Å². The minimum atomic E-state index is -0.711. The fourth-order valence-corrected chi connectivity index (χ4v) is 1.51. The molecule has 1 N–H and O–H groups in total. The van der Waals surface area contributed by atoms with Gasteiger partial charge in [0.1, 0.15) is 12.7 Å². The summed E-state index contributed by atoms with van der Waals surface area (Å²) in [4.78, 5) is 26.8. The van der Waals surface area contributed by atoms with E-state index < -0.39 is 16.9 Å². The topological polar surface area (TPSA) is 92.9 Å². The summed E-state index contributed by atoms with van der Waals surface area (Å²) in [6.45, 7) is 0.127. The molecule has 0 bridgehead atoms. The molecule has 17 heavy (non-hydrogen) atoms. The van der Waals surface area contributed by atoms with Gasteiger partial charge in [0, 0.05) is 17.7 Å². The van der Waals surface area contributed by atoms with Gasteiger partial charge in [-0.15, -0.1) is 0 Å². The van der Waals surface area contributed by atoms with Crippen molar-refractivity contribution in [2.24, 2.45) is 0 Å². The molecule has 1 heterocycles. The molecule has 1 atom stereocenters. The van der Waals surface area contributed by atoms with Gasteiger partial charge in [0.15, 0.2) is 0 Å². The molecule has 0 saturated carbocycles. The molecule has 1 saturated heterocycles. The van der Waals surface area contributed by atoms with E-state index in [4.69, 9.17) is 4.84 Å². The van der Waals surface area contributed by atoms with Crippen LogP contribution in [0.15, 0.2) is 24.3 Å². The van der Waals surface area contributed by atoms with E-state index in [0.29, 0.717) is 0 Å². The van der Waals surface area contributed by atoms with Crippen LogP contribution in [0.3, 0.4) is 0 Å². The highest BCUT2D eigenvalue weighted by molar-refractivity contribution is 5.94. The van der Waals surface area contributed by atoms with Crippen LogP contribution >= 0.6 is 0 Å². The van der Waals surface area contributed by atoms with Gasteiger partial charge in [-0.2, -0.15) is 0 Å². The van der Waals surface area contributed by atoms with Crippen molar-refractivity contribution in [1.82, 2.24) is 5.06 Å². The molecule has 1 aromatic carbocycles. The molecule has 1 unspecified atom stereocenters. The van der Waals surface area contributed by atoms with Crippen LogP contribution < -0.4 is 0 Å². The Labute approximate surface area is 96.3 Å². The number of rotatable bonds is 2. The monoisotopic (exact) mass is 238 g/mol. The predicted octanol–water partition coefficient (Wildman–Crippen LogP) is 0.343. The molecule has 1 aliphatic rings. The number of hydrogen-bond donors (Lipinski definition) is 1. The predicted molar refractivity (Wildman–Crippen MR) is 56.1 cm³/mol. The van der Waals surface area contributed by atoms with Crippen LogP contribution in [0.1, 0.15) is 10.4 Å². The molecular formula is C10H10N2O5. The number of amides is 1. The van der Waals surface area contributed by atoms with Gasteiger partial charge in [-0.1, -0.05) is 6.07 Å². The Morgan fingerprint density at radius 1 is 1.59 bits per heavy atom. The lowest BCUT2D eigenvalue weighted by atomic mass is 10.2. The van der Waals surface area contributed by atoms with E-state index in [1.807, 2.05) is 0 Å². The van der Waals surface area contributed by atoms with Crippen LogP contribution in [0.2, 0.25) is 0 Å². The second-order valence-electron chi connectivity index (χ2n) is 3.62. The maximum absolute atomic E-state index is 11.8. The molecule has 1 aliphatic heterocycles.